The van der Waals surface area contributed by atoms with Crippen LogP contribution in [0.3, 0.4) is 0 Å². The van der Waals surface area contributed by atoms with Crippen molar-refractivity contribution in [2.75, 3.05) is 4.72 Å². The molecule has 0 unspecified atom stereocenters. The lowest BCUT2D eigenvalue weighted by Gasteiger charge is -2.04. The number of sulfonamides is 1. The van der Waals surface area contributed by atoms with E-state index in [4.69, 9.17) is 0 Å². The molecule has 5 nitrogen and oxygen atoms in total. The molecule has 0 radical (unpaired) electrons. The van der Waals surface area contributed by atoms with Crippen LogP contribution in [0.1, 0.15) is 0 Å². The minimum Gasteiger partial charge on any atom is -0.345 e. The van der Waals surface area contributed by atoms with Gasteiger partial charge in [-0.1, -0.05) is 12.1 Å². The van der Waals surface area contributed by atoms with E-state index in [0.29, 0.717) is 10.6 Å². The first-order valence-corrected chi connectivity index (χ1v) is 7.23. The molecule has 2 N–H and O–H groups in total. The summed E-state index contributed by atoms with van der Waals surface area (Å²) in [6, 6.07) is 8.91. The number of H-pyrrole nitrogens is 1. The highest BCUT2D eigenvalue weighted by Gasteiger charge is 2.28. The van der Waals surface area contributed by atoms with E-state index in [2.05, 4.69) is 14.7 Å². The second-order valence-corrected chi connectivity index (χ2v) is 6.03. The Kier molecular flexibility index (Phi) is 1.87. The van der Waals surface area contributed by atoms with Gasteiger partial charge in [0.2, 0.25) is 0 Å². The minimum atomic E-state index is -3.42. The Morgan fingerprint density at radius 2 is 2.00 bits per heavy atom. The molecule has 0 fully saturated rings. The summed E-state index contributed by atoms with van der Waals surface area (Å²) in [6.07, 6.45) is 3.42. The lowest BCUT2D eigenvalue weighted by atomic mass is 10.0. The highest BCUT2D eigenvalue weighted by Crippen LogP contribution is 2.40. The number of anilines is 1. The maximum Gasteiger partial charge on any atom is 0.262 e. The van der Waals surface area contributed by atoms with Gasteiger partial charge in [0.25, 0.3) is 10.0 Å². The van der Waals surface area contributed by atoms with E-state index >= 15 is 0 Å². The van der Waals surface area contributed by atoms with Crippen molar-refractivity contribution in [2.24, 2.45) is 0 Å². The van der Waals surface area contributed by atoms with Crippen LogP contribution in [0.2, 0.25) is 0 Å². The van der Waals surface area contributed by atoms with Crippen LogP contribution in [0.4, 0.5) is 5.69 Å². The number of benzene rings is 2. The first-order chi connectivity index (χ1) is 9.17. The highest BCUT2D eigenvalue weighted by atomic mass is 32.2. The molecule has 0 atom stereocenters. The Labute approximate surface area is 109 Å². The average Bonchev–Trinajstić information content (AvgIpc) is 2.98. The molecule has 0 bridgehead atoms. The monoisotopic (exact) mass is 271 g/mol. The molecule has 6 heteroatoms. The van der Waals surface area contributed by atoms with Crippen LogP contribution in [0.25, 0.3) is 22.2 Å². The summed E-state index contributed by atoms with van der Waals surface area (Å²) in [6.45, 7) is 0. The third-order valence-corrected chi connectivity index (χ3v) is 4.70. The van der Waals surface area contributed by atoms with Crippen LogP contribution in [0, 0.1) is 0 Å². The van der Waals surface area contributed by atoms with Crippen molar-refractivity contribution in [3.05, 3.63) is 42.7 Å². The Bertz CT molecular complexity index is 899. The molecule has 2 heterocycles. The predicted octanol–water partition coefficient (Wildman–Crippen LogP) is 2.34. The fraction of sp³-hybridized carbons (Fsp3) is 0. The van der Waals surface area contributed by atoms with Crippen molar-refractivity contribution >= 4 is 26.5 Å². The first kappa shape index (κ1) is 10.6. The number of hydrogen-bond donors (Lipinski definition) is 2. The fourth-order valence-electron chi connectivity index (χ4n) is 2.50. The third-order valence-electron chi connectivity index (χ3n) is 3.29. The minimum absolute atomic E-state index is 0.327. The van der Waals surface area contributed by atoms with Crippen LogP contribution in [-0.2, 0) is 10.0 Å². The van der Waals surface area contributed by atoms with Gasteiger partial charge < -0.3 is 4.98 Å². The van der Waals surface area contributed by atoms with E-state index in [1.54, 1.807) is 30.6 Å². The standard InChI is InChI=1S/C13H9N3O2S/c17-19(18)11-5-4-9(13-14-6-7-15-13)8-2-1-3-10(16-19)12(8)11/h1-7,16H,(H,14,15). The summed E-state index contributed by atoms with van der Waals surface area (Å²) in [7, 11) is -3.42. The van der Waals surface area contributed by atoms with E-state index in [9.17, 15) is 8.42 Å². The van der Waals surface area contributed by atoms with E-state index in [1.807, 2.05) is 12.1 Å². The van der Waals surface area contributed by atoms with Gasteiger partial charge in [-0.2, -0.15) is 0 Å². The Balaban J connectivity index is 2.18. The van der Waals surface area contributed by atoms with Gasteiger partial charge in [-0.15, -0.1) is 0 Å². The number of hydrogen-bond acceptors (Lipinski definition) is 3. The molecule has 1 aliphatic heterocycles. The van der Waals surface area contributed by atoms with Crippen LogP contribution >= 0.6 is 0 Å². The van der Waals surface area contributed by atoms with Gasteiger partial charge in [0.1, 0.15) is 5.82 Å². The Hall–Kier alpha value is -2.34. The summed E-state index contributed by atoms with van der Waals surface area (Å²) >= 11 is 0. The Morgan fingerprint density at radius 1 is 1.11 bits per heavy atom. The smallest absolute Gasteiger partial charge is 0.262 e. The second-order valence-electron chi connectivity index (χ2n) is 4.38. The zero-order valence-corrected chi connectivity index (χ0v) is 10.5. The molecule has 3 aromatic rings. The van der Waals surface area contributed by atoms with Gasteiger partial charge in [-0.3, -0.25) is 4.72 Å². The molecule has 0 saturated carbocycles. The third kappa shape index (κ3) is 1.34. The van der Waals surface area contributed by atoms with Gasteiger partial charge in [-0.25, -0.2) is 13.4 Å². The van der Waals surface area contributed by atoms with Gasteiger partial charge in [-0.05, 0) is 23.6 Å². The average molecular weight is 271 g/mol. The summed E-state index contributed by atoms with van der Waals surface area (Å²) in [5, 5.41) is 1.61. The van der Waals surface area contributed by atoms with Crippen molar-refractivity contribution in [2.45, 2.75) is 4.90 Å². The van der Waals surface area contributed by atoms with Crippen molar-refractivity contribution in [1.29, 1.82) is 0 Å². The number of nitrogens with one attached hydrogen (secondary N) is 2. The van der Waals surface area contributed by atoms with Crippen molar-refractivity contribution in [1.82, 2.24) is 9.97 Å². The molecular formula is C13H9N3O2S. The molecular weight excluding hydrogens is 262 g/mol. The van der Waals surface area contributed by atoms with Crippen LogP contribution in [-0.4, -0.2) is 18.4 Å². The van der Waals surface area contributed by atoms with Crippen molar-refractivity contribution in [3.63, 3.8) is 0 Å². The lowest BCUT2D eigenvalue weighted by molar-refractivity contribution is 0.603. The summed E-state index contributed by atoms with van der Waals surface area (Å²) in [4.78, 5) is 7.60. The van der Waals surface area contributed by atoms with Crippen LogP contribution < -0.4 is 4.72 Å². The molecule has 0 aliphatic carbocycles. The number of aromatic nitrogens is 2. The van der Waals surface area contributed by atoms with Gasteiger partial charge in [0.15, 0.2) is 0 Å². The highest BCUT2D eigenvalue weighted by molar-refractivity contribution is 7.93. The second kappa shape index (κ2) is 3.36. The molecule has 19 heavy (non-hydrogen) atoms. The normalized spacial score (nSPS) is 15.6. The van der Waals surface area contributed by atoms with Gasteiger partial charge >= 0.3 is 0 Å². The molecule has 0 saturated heterocycles. The molecule has 0 amide bonds. The maximum absolute atomic E-state index is 12.0. The van der Waals surface area contributed by atoms with Gasteiger partial charge in [0.05, 0.1) is 10.6 Å². The number of imidazole rings is 1. The molecule has 2 aromatic carbocycles. The van der Waals surface area contributed by atoms with E-state index in [0.717, 1.165) is 22.2 Å². The largest absolute Gasteiger partial charge is 0.345 e. The molecule has 4 rings (SSSR count). The zero-order chi connectivity index (χ0) is 13.0. The number of aromatic amines is 1. The number of nitrogens with zero attached hydrogens (tertiary/aromatic N) is 1. The SMILES string of the molecule is O=S1(=O)Nc2cccc3c(-c4ncc[nH]4)ccc1c23. The Morgan fingerprint density at radius 3 is 2.79 bits per heavy atom. The quantitative estimate of drug-likeness (QED) is 0.713. The number of rotatable bonds is 1. The molecule has 0 spiro atoms. The van der Waals surface area contributed by atoms with Crippen LogP contribution in [0.15, 0.2) is 47.6 Å². The van der Waals surface area contributed by atoms with Crippen molar-refractivity contribution in [3.8, 4) is 11.4 Å². The molecule has 94 valence electrons. The van der Waals surface area contributed by atoms with E-state index < -0.39 is 10.0 Å². The summed E-state index contributed by atoms with van der Waals surface area (Å²) < 4.78 is 26.6. The summed E-state index contributed by atoms with van der Waals surface area (Å²) in [5.41, 5.74) is 1.52. The van der Waals surface area contributed by atoms with Crippen LogP contribution in [0.5, 0.6) is 0 Å². The topological polar surface area (TPSA) is 74.8 Å². The van der Waals surface area contributed by atoms with E-state index in [-0.39, 0.29) is 0 Å². The molecule has 1 aromatic heterocycles. The first-order valence-electron chi connectivity index (χ1n) is 5.75. The predicted molar refractivity (Wildman–Crippen MR) is 72.3 cm³/mol. The van der Waals surface area contributed by atoms with Gasteiger partial charge in [0, 0.05) is 23.3 Å². The molecule has 1 aliphatic rings. The zero-order valence-electron chi connectivity index (χ0n) is 9.71. The summed E-state index contributed by atoms with van der Waals surface area (Å²) in [5.74, 6) is 0.730. The van der Waals surface area contributed by atoms with E-state index in [1.165, 1.54) is 0 Å². The fourth-order valence-corrected chi connectivity index (χ4v) is 3.81. The maximum atomic E-state index is 12.0. The van der Waals surface area contributed by atoms with Crippen molar-refractivity contribution < 1.29 is 8.42 Å². The lowest BCUT2D eigenvalue weighted by Crippen LogP contribution is -2.05.